The predicted molar refractivity (Wildman–Crippen MR) is 119 cm³/mol. The molecule has 0 radical (unpaired) electrons. The molecule has 0 saturated heterocycles. The summed E-state index contributed by atoms with van der Waals surface area (Å²) in [4.78, 5) is 6.27. The molecule has 0 atom stereocenters. The number of hydrogen-bond donors (Lipinski definition) is 1. The molecule has 1 aromatic heterocycles. The van der Waals surface area contributed by atoms with Gasteiger partial charge in [-0.1, -0.05) is 41.9 Å². The number of methoxy groups -OCH3 is 1. The van der Waals surface area contributed by atoms with Crippen LogP contribution < -0.4 is 10.1 Å². The van der Waals surface area contributed by atoms with Gasteiger partial charge >= 0.3 is 0 Å². The first kappa shape index (κ1) is 20.1. The van der Waals surface area contributed by atoms with Crippen LogP contribution in [0.5, 0.6) is 5.75 Å². The number of aromatic nitrogens is 1. The highest BCUT2D eigenvalue weighted by molar-refractivity contribution is 7.80. The number of hydrogen-bond acceptors (Lipinski definition) is 3. The van der Waals surface area contributed by atoms with Crippen molar-refractivity contribution in [2.24, 2.45) is 0 Å². The molecular weight excluding hydrogens is 390 g/mol. The molecule has 0 bridgehead atoms. The highest BCUT2D eigenvalue weighted by Gasteiger charge is 2.15. The van der Waals surface area contributed by atoms with Crippen LogP contribution in [0.15, 0.2) is 67.0 Å². The summed E-state index contributed by atoms with van der Waals surface area (Å²) in [7, 11) is 1.65. The van der Waals surface area contributed by atoms with E-state index in [9.17, 15) is 0 Å². The number of ether oxygens (including phenoxy) is 1. The first-order valence-corrected chi connectivity index (χ1v) is 9.68. The molecule has 3 rings (SSSR count). The molecule has 0 spiro atoms. The highest BCUT2D eigenvalue weighted by atomic mass is 35.5. The second kappa shape index (κ2) is 9.53. The lowest BCUT2D eigenvalue weighted by Gasteiger charge is -2.27. The van der Waals surface area contributed by atoms with E-state index in [2.05, 4.69) is 15.2 Å². The Kier molecular flexibility index (Phi) is 6.85. The maximum atomic E-state index is 6.38. The third kappa shape index (κ3) is 5.21. The molecule has 0 aliphatic carbocycles. The average Bonchev–Trinajstić information content (AvgIpc) is 2.70. The number of thiocarbonyl (C=S) groups is 1. The van der Waals surface area contributed by atoms with E-state index in [4.69, 9.17) is 28.6 Å². The number of nitrogens with one attached hydrogen (secondary N) is 1. The van der Waals surface area contributed by atoms with Gasteiger partial charge in [-0.3, -0.25) is 4.98 Å². The molecule has 0 aliphatic rings. The number of rotatable bonds is 6. The molecule has 0 saturated carbocycles. The average molecular weight is 412 g/mol. The van der Waals surface area contributed by atoms with Gasteiger partial charge in [0.2, 0.25) is 0 Å². The smallest absolute Gasteiger partial charge is 0.174 e. The lowest BCUT2D eigenvalue weighted by atomic mass is 10.2. The number of pyridine rings is 1. The Hall–Kier alpha value is -2.63. The molecule has 144 valence electrons. The SMILES string of the molecule is COc1ccc(C)cc1NC(=S)N(Cc1cccnc1)Cc1ccccc1Cl. The van der Waals surface area contributed by atoms with Crippen molar-refractivity contribution in [3.8, 4) is 5.75 Å². The third-order valence-corrected chi connectivity index (χ3v) is 5.03. The maximum Gasteiger partial charge on any atom is 0.174 e. The molecule has 3 aromatic rings. The van der Waals surface area contributed by atoms with E-state index >= 15 is 0 Å². The van der Waals surface area contributed by atoms with Gasteiger partial charge in [0.15, 0.2) is 5.11 Å². The summed E-state index contributed by atoms with van der Waals surface area (Å²) >= 11 is 12.1. The Labute approximate surface area is 176 Å². The van der Waals surface area contributed by atoms with E-state index in [1.807, 2.05) is 67.7 Å². The standard InChI is InChI=1S/C22H22ClN3OS/c1-16-9-10-21(27-2)20(12-16)25-22(28)26(14-17-6-5-11-24-13-17)15-18-7-3-4-8-19(18)23/h3-13H,14-15H2,1-2H3,(H,25,28). The van der Waals surface area contributed by atoms with E-state index < -0.39 is 0 Å². The summed E-state index contributed by atoms with van der Waals surface area (Å²) in [5, 5.41) is 4.64. The third-order valence-electron chi connectivity index (χ3n) is 4.30. The van der Waals surface area contributed by atoms with Crippen LogP contribution in [0.25, 0.3) is 0 Å². The van der Waals surface area contributed by atoms with Crippen molar-refractivity contribution >= 4 is 34.6 Å². The summed E-state index contributed by atoms with van der Waals surface area (Å²) in [6.45, 7) is 3.22. The first-order valence-electron chi connectivity index (χ1n) is 8.89. The van der Waals surface area contributed by atoms with Gasteiger partial charge in [-0.15, -0.1) is 0 Å². The fourth-order valence-electron chi connectivity index (χ4n) is 2.86. The molecule has 2 aromatic carbocycles. The largest absolute Gasteiger partial charge is 0.495 e. The van der Waals surface area contributed by atoms with Crippen LogP contribution in [0.1, 0.15) is 16.7 Å². The lowest BCUT2D eigenvalue weighted by molar-refractivity contribution is 0.409. The van der Waals surface area contributed by atoms with Crippen molar-refractivity contribution in [3.63, 3.8) is 0 Å². The molecule has 6 heteroatoms. The van der Waals surface area contributed by atoms with Crippen molar-refractivity contribution in [1.29, 1.82) is 0 Å². The van der Waals surface area contributed by atoms with Crippen molar-refractivity contribution < 1.29 is 4.74 Å². The van der Waals surface area contributed by atoms with Crippen LogP contribution in [-0.4, -0.2) is 22.1 Å². The quantitative estimate of drug-likeness (QED) is 0.546. The van der Waals surface area contributed by atoms with Gasteiger partial charge in [-0.2, -0.15) is 0 Å². The van der Waals surface area contributed by atoms with Gasteiger partial charge in [0, 0.05) is 30.5 Å². The molecule has 0 aliphatic heterocycles. The summed E-state index contributed by atoms with van der Waals surface area (Å²) in [6.07, 6.45) is 3.60. The highest BCUT2D eigenvalue weighted by Crippen LogP contribution is 2.26. The molecule has 1 N–H and O–H groups in total. The van der Waals surface area contributed by atoms with Gasteiger partial charge in [-0.25, -0.2) is 0 Å². The van der Waals surface area contributed by atoms with Gasteiger partial charge in [0.25, 0.3) is 0 Å². The van der Waals surface area contributed by atoms with Gasteiger partial charge in [0.05, 0.1) is 12.8 Å². The molecule has 1 heterocycles. The second-order valence-corrected chi connectivity index (χ2v) is 7.24. The Morgan fingerprint density at radius 3 is 2.68 bits per heavy atom. The Morgan fingerprint density at radius 2 is 1.96 bits per heavy atom. The van der Waals surface area contributed by atoms with E-state index in [0.29, 0.717) is 18.2 Å². The first-order chi connectivity index (χ1) is 13.6. The van der Waals surface area contributed by atoms with Crippen LogP contribution >= 0.6 is 23.8 Å². The zero-order valence-corrected chi connectivity index (χ0v) is 17.4. The summed E-state index contributed by atoms with van der Waals surface area (Å²) < 4.78 is 5.46. The zero-order valence-electron chi connectivity index (χ0n) is 15.9. The fourth-order valence-corrected chi connectivity index (χ4v) is 3.29. The minimum atomic E-state index is 0.578. The monoisotopic (exact) mass is 411 g/mol. The normalized spacial score (nSPS) is 10.4. The summed E-state index contributed by atoms with van der Waals surface area (Å²) in [5.41, 5.74) is 4.03. The van der Waals surface area contributed by atoms with E-state index in [-0.39, 0.29) is 0 Å². The summed E-state index contributed by atoms with van der Waals surface area (Å²) in [5.74, 6) is 0.743. The molecule has 28 heavy (non-hydrogen) atoms. The Balaban J connectivity index is 1.86. The number of nitrogens with zero attached hydrogens (tertiary/aromatic N) is 2. The van der Waals surface area contributed by atoms with Crippen molar-refractivity contribution in [2.45, 2.75) is 20.0 Å². The van der Waals surface area contributed by atoms with Crippen molar-refractivity contribution in [2.75, 3.05) is 12.4 Å². The lowest BCUT2D eigenvalue weighted by Crippen LogP contribution is -2.34. The second-order valence-electron chi connectivity index (χ2n) is 6.44. The van der Waals surface area contributed by atoms with Gasteiger partial charge in [-0.05, 0) is 60.1 Å². The van der Waals surface area contributed by atoms with Crippen LogP contribution in [0.3, 0.4) is 0 Å². The van der Waals surface area contributed by atoms with E-state index in [0.717, 1.165) is 33.1 Å². The van der Waals surface area contributed by atoms with Crippen LogP contribution in [0, 0.1) is 6.92 Å². The summed E-state index contributed by atoms with van der Waals surface area (Å²) in [6, 6.07) is 17.7. The molecule has 4 nitrogen and oxygen atoms in total. The molecular formula is C22H22ClN3OS. The fraction of sp³-hybridized carbons (Fsp3) is 0.182. The maximum absolute atomic E-state index is 6.38. The minimum absolute atomic E-state index is 0.578. The number of benzene rings is 2. The van der Waals surface area contributed by atoms with E-state index in [1.54, 1.807) is 13.3 Å². The zero-order chi connectivity index (χ0) is 19.9. The van der Waals surface area contributed by atoms with Gasteiger partial charge in [0.1, 0.15) is 5.75 Å². The molecule has 0 unspecified atom stereocenters. The predicted octanol–water partition coefficient (Wildman–Crippen LogP) is 5.45. The van der Waals surface area contributed by atoms with Crippen molar-refractivity contribution in [1.82, 2.24) is 9.88 Å². The Morgan fingerprint density at radius 1 is 1.14 bits per heavy atom. The topological polar surface area (TPSA) is 37.4 Å². The Bertz CT molecular complexity index is 950. The number of halogens is 1. The van der Waals surface area contributed by atoms with Crippen LogP contribution in [0.4, 0.5) is 5.69 Å². The van der Waals surface area contributed by atoms with Crippen molar-refractivity contribution in [3.05, 3.63) is 88.7 Å². The molecule has 0 amide bonds. The minimum Gasteiger partial charge on any atom is -0.495 e. The van der Waals surface area contributed by atoms with Gasteiger partial charge < -0.3 is 15.0 Å². The van der Waals surface area contributed by atoms with Crippen LogP contribution in [-0.2, 0) is 13.1 Å². The van der Waals surface area contributed by atoms with Crippen LogP contribution in [0.2, 0.25) is 5.02 Å². The number of anilines is 1. The molecule has 0 fully saturated rings. The number of aryl methyl sites for hydroxylation is 1. The van der Waals surface area contributed by atoms with E-state index in [1.165, 1.54) is 0 Å².